The molecular weight excluding hydrogens is 264 g/mol. The van der Waals surface area contributed by atoms with E-state index in [9.17, 15) is 9.59 Å². The van der Waals surface area contributed by atoms with Crippen LogP contribution in [0.2, 0.25) is 0 Å². The highest BCUT2D eigenvalue weighted by atomic mass is 16.5. The quantitative estimate of drug-likeness (QED) is 0.457. The molecule has 0 spiro atoms. The first-order valence-corrected chi connectivity index (χ1v) is 7.72. The lowest BCUT2D eigenvalue weighted by Crippen LogP contribution is -2.34. The van der Waals surface area contributed by atoms with E-state index in [-0.39, 0.29) is 11.4 Å². The summed E-state index contributed by atoms with van der Waals surface area (Å²) in [4.78, 5) is 22.6. The molecule has 1 aliphatic carbocycles. The number of unbranched alkanes of at least 4 members (excludes halogenated alkanes) is 1. The second-order valence-corrected chi connectivity index (χ2v) is 6.05. The topological polar surface area (TPSA) is 43.4 Å². The molecule has 0 saturated carbocycles. The van der Waals surface area contributed by atoms with E-state index in [1.54, 1.807) is 0 Å². The van der Waals surface area contributed by atoms with Gasteiger partial charge in [-0.3, -0.25) is 4.79 Å². The van der Waals surface area contributed by atoms with E-state index in [2.05, 4.69) is 25.1 Å². The van der Waals surface area contributed by atoms with Gasteiger partial charge in [0.2, 0.25) is 0 Å². The van der Waals surface area contributed by atoms with E-state index < -0.39 is 0 Å². The lowest BCUT2D eigenvalue weighted by Gasteiger charge is -2.39. The van der Waals surface area contributed by atoms with Gasteiger partial charge >= 0.3 is 5.97 Å². The molecule has 3 nitrogen and oxygen atoms in total. The molecule has 1 unspecified atom stereocenters. The van der Waals surface area contributed by atoms with Crippen molar-refractivity contribution in [2.45, 2.75) is 57.3 Å². The van der Waals surface area contributed by atoms with Crippen molar-refractivity contribution >= 4 is 12.3 Å². The molecule has 21 heavy (non-hydrogen) atoms. The predicted octanol–water partition coefficient (Wildman–Crippen LogP) is 3.50. The Labute approximate surface area is 126 Å². The maximum absolute atomic E-state index is 11.9. The summed E-state index contributed by atoms with van der Waals surface area (Å²) in [7, 11) is 1.45. The van der Waals surface area contributed by atoms with Crippen LogP contribution in [0.1, 0.15) is 55.2 Å². The largest absolute Gasteiger partial charge is 0.469 e. The molecule has 0 bridgehead atoms. The standard InChI is InChI=1S/C18H24O3/c1-14-7-5-9-16-15(14)8-6-11-18(16,10-3-4-12-19)13-17(20)21-2/h5,7,9,12H,3-4,6,8,10-11,13H2,1-2H3. The first-order chi connectivity index (χ1) is 10.1. The van der Waals surface area contributed by atoms with Crippen molar-refractivity contribution < 1.29 is 14.3 Å². The Morgan fingerprint density at radius 1 is 1.43 bits per heavy atom. The van der Waals surface area contributed by atoms with Crippen LogP contribution in [0.3, 0.4) is 0 Å². The Balaban J connectivity index is 2.38. The highest BCUT2D eigenvalue weighted by molar-refractivity contribution is 5.71. The molecule has 1 aliphatic rings. The van der Waals surface area contributed by atoms with Gasteiger partial charge in [-0.1, -0.05) is 18.2 Å². The first kappa shape index (κ1) is 15.7. The third-order valence-electron chi connectivity index (χ3n) is 4.75. The molecule has 0 fully saturated rings. The molecule has 1 atom stereocenters. The van der Waals surface area contributed by atoms with Gasteiger partial charge in [0.15, 0.2) is 0 Å². The van der Waals surface area contributed by atoms with Gasteiger partial charge in [0.25, 0.3) is 0 Å². The maximum Gasteiger partial charge on any atom is 0.306 e. The van der Waals surface area contributed by atoms with Gasteiger partial charge < -0.3 is 9.53 Å². The Morgan fingerprint density at radius 2 is 2.24 bits per heavy atom. The van der Waals surface area contributed by atoms with Crippen molar-refractivity contribution in [3.05, 3.63) is 34.9 Å². The highest BCUT2D eigenvalue weighted by Crippen LogP contribution is 2.44. The molecule has 0 aliphatic heterocycles. The summed E-state index contributed by atoms with van der Waals surface area (Å²) in [5, 5.41) is 0. The SMILES string of the molecule is COC(=O)CC1(CCCC=O)CCCc2c(C)cccc21. The van der Waals surface area contributed by atoms with Gasteiger partial charge in [0.1, 0.15) is 6.29 Å². The summed E-state index contributed by atoms with van der Waals surface area (Å²) in [5.41, 5.74) is 3.83. The van der Waals surface area contributed by atoms with Crippen molar-refractivity contribution in [3.8, 4) is 0 Å². The second kappa shape index (κ2) is 6.88. The molecule has 114 valence electrons. The van der Waals surface area contributed by atoms with Crippen molar-refractivity contribution in [1.29, 1.82) is 0 Å². The van der Waals surface area contributed by atoms with Gasteiger partial charge in [-0.15, -0.1) is 0 Å². The molecule has 1 aromatic carbocycles. The summed E-state index contributed by atoms with van der Waals surface area (Å²) in [6.07, 6.45) is 6.81. The van der Waals surface area contributed by atoms with Crippen molar-refractivity contribution in [2.24, 2.45) is 0 Å². The number of aryl methyl sites for hydroxylation is 1. The van der Waals surface area contributed by atoms with Crippen LogP contribution in [0.4, 0.5) is 0 Å². The van der Waals surface area contributed by atoms with Crippen LogP contribution in [0, 0.1) is 6.92 Å². The minimum absolute atomic E-state index is 0.157. The zero-order valence-electron chi connectivity index (χ0n) is 13.0. The molecule has 0 heterocycles. The van der Waals surface area contributed by atoms with Crippen LogP contribution in [-0.4, -0.2) is 19.4 Å². The van der Waals surface area contributed by atoms with Crippen LogP contribution >= 0.6 is 0 Å². The van der Waals surface area contributed by atoms with Gasteiger partial charge in [-0.05, 0) is 55.7 Å². The minimum atomic E-state index is -0.157. The fraction of sp³-hybridized carbons (Fsp3) is 0.556. The number of fused-ring (bicyclic) bond motifs is 1. The van der Waals surface area contributed by atoms with Crippen LogP contribution in [0.15, 0.2) is 18.2 Å². The summed E-state index contributed by atoms with van der Waals surface area (Å²) in [6, 6.07) is 6.37. The van der Waals surface area contributed by atoms with Crippen LogP contribution in [0.5, 0.6) is 0 Å². The summed E-state index contributed by atoms with van der Waals surface area (Å²) in [5.74, 6) is -0.157. The smallest absolute Gasteiger partial charge is 0.306 e. The monoisotopic (exact) mass is 288 g/mol. The molecule has 0 amide bonds. The maximum atomic E-state index is 11.9. The number of carbonyl (C=O) groups excluding carboxylic acids is 2. The van der Waals surface area contributed by atoms with Crippen molar-refractivity contribution in [3.63, 3.8) is 0 Å². The van der Waals surface area contributed by atoms with E-state index in [0.29, 0.717) is 12.8 Å². The minimum Gasteiger partial charge on any atom is -0.469 e. The number of hydrogen-bond donors (Lipinski definition) is 0. The Bertz CT molecular complexity index is 521. The molecule has 2 rings (SSSR count). The predicted molar refractivity (Wildman–Crippen MR) is 82.3 cm³/mol. The molecule has 0 aromatic heterocycles. The summed E-state index contributed by atoms with van der Waals surface area (Å²) in [6.45, 7) is 2.14. The van der Waals surface area contributed by atoms with Crippen LogP contribution in [0.25, 0.3) is 0 Å². The molecule has 3 heteroatoms. The number of rotatable bonds is 6. The summed E-state index contributed by atoms with van der Waals surface area (Å²) < 4.78 is 4.92. The molecule has 0 saturated heterocycles. The Hall–Kier alpha value is -1.64. The molecule has 1 aromatic rings. The Kier molecular flexibility index (Phi) is 5.16. The number of aldehydes is 1. The third-order valence-corrected chi connectivity index (χ3v) is 4.75. The third kappa shape index (κ3) is 3.34. The van der Waals surface area contributed by atoms with E-state index in [1.807, 2.05) is 0 Å². The molecule has 0 N–H and O–H groups in total. The average molecular weight is 288 g/mol. The van der Waals surface area contributed by atoms with E-state index in [1.165, 1.54) is 23.8 Å². The fourth-order valence-corrected chi connectivity index (χ4v) is 3.67. The van der Waals surface area contributed by atoms with E-state index >= 15 is 0 Å². The molecular formula is C18H24O3. The number of hydrogen-bond acceptors (Lipinski definition) is 3. The van der Waals surface area contributed by atoms with Crippen molar-refractivity contribution in [2.75, 3.05) is 7.11 Å². The number of benzene rings is 1. The average Bonchev–Trinajstić information content (AvgIpc) is 2.49. The first-order valence-electron chi connectivity index (χ1n) is 7.72. The van der Waals surface area contributed by atoms with Crippen LogP contribution < -0.4 is 0 Å². The van der Waals surface area contributed by atoms with Gasteiger partial charge in [0, 0.05) is 11.8 Å². The lowest BCUT2D eigenvalue weighted by atomic mass is 9.65. The number of carbonyl (C=O) groups is 2. The Morgan fingerprint density at radius 3 is 2.95 bits per heavy atom. The van der Waals surface area contributed by atoms with Crippen molar-refractivity contribution in [1.82, 2.24) is 0 Å². The van der Waals surface area contributed by atoms with E-state index in [4.69, 9.17) is 4.74 Å². The van der Waals surface area contributed by atoms with Gasteiger partial charge in [0.05, 0.1) is 13.5 Å². The zero-order valence-corrected chi connectivity index (χ0v) is 13.0. The number of esters is 1. The van der Waals surface area contributed by atoms with Gasteiger partial charge in [-0.25, -0.2) is 0 Å². The number of methoxy groups -OCH3 is 1. The fourth-order valence-electron chi connectivity index (χ4n) is 3.67. The van der Waals surface area contributed by atoms with Gasteiger partial charge in [-0.2, -0.15) is 0 Å². The normalized spacial score (nSPS) is 20.7. The van der Waals surface area contributed by atoms with Crippen LogP contribution in [-0.2, 0) is 26.2 Å². The highest BCUT2D eigenvalue weighted by Gasteiger charge is 2.38. The number of ether oxygens (including phenoxy) is 1. The lowest BCUT2D eigenvalue weighted by molar-refractivity contribution is -0.142. The zero-order chi connectivity index (χ0) is 15.3. The second-order valence-electron chi connectivity index (χ2n) is 6.05. The molecule has 0 radical (unpaired) electrons. The van der Waals surface area contributed by atoms with E-state index in [0.717, 1.165) is 38.4 Å². The summed E-state index contributed by atoms with van der Waals surface area (Å²) >= 11 is 0.